The summed E-state index contributed by atoms with van der Waals surface area (Å²) in [5.74, 6) is 0.896. The summed E-state index contributed by atoms with van der Waals surface area (Å²) < 4.78 is 5.78. The maximum Gasteiger partial charge on any atom is 0.311 e. The van der Waals surface area contributed by atoms with Crippen LogP contribution in [0.25, 0.3) is 0 Å². The van der Waals surface area contributed by atoms with E-state index in [1.165, 1.54) is 0 Å². The maximum absolute atomic E-state index is 11.2. The van der Waals surface area contributed by atoms with Gasteiger partial charge in [0.25, 0.3) is 0 Å². The SMILES string of the molecule is CCc1ccc(Oc2ccc(C)cc2CBr)c([N+](=O)[O-])c1. The average molecular weight is 350 g/mol. The first-order valence-corrected chi connectivity index (χ1v) is 7.78. The zero-order chi connectivity index (χ0) is 15.4. The van der Waals surface area contributed by atoms with Crippen LogP contribution in [0.1, 0.15) is 23.6 Å². The molecule has 2 rings (SSSR count). The Bertz CT molecular complexity index is 671. The first-order valence-electron chi connectivity index (χ1n) is 6.65. The summed E-state index contributed by atoms with van der Waals surface area (Å²) in [6.45, 7) is 3.96. The lowest BCUT2D eigenvalue weighted by Gasteiger charge is -2.11. The van der Waals surface area contributed by atoms with Gasteiger partial charge in [0.2, 0.25) is 5.75 Å². The van der Waals surface area contributed by atoms with Gasteiger partial charge in [0.05, 0.1) is 4.92 Å². The van der Waals surface area contributed by atoms with Crippen molar-refractivity contribution in [1.82, 2.24) is 0 Å². The molecule has 0 fully saturated rings. The van der Waals surface area contributed by atoms with Crippen molar-refractivity contribution < 1.29 is 9.66 Å². The number of alkyl halides is 1. The summed E-state index contributed by atoms with van der Waals surface area (Å²) in [5, 5.41) is 11.8. The molecule has 0 aromatic heterocycles. The molecule has 0 radical (unpaired) electrons. The van der Waals surface area contributed by atoms with E-state index in [0.717, 1.165) is 23.1 Å². The minimum absolute atomic E-state index is 0.00422. The van der Waals surface area contributed by atoms with Crippen molar-refractivity contribution >= 4 is 21.6 Å². The number of rotatable bonds is 5. The van der Waals surface area contributed by atoms with Gasteiger partial charge in [-0.1, -0.05) is 46.6 Å². The van der Waals surface area contributed by atoms with Gasteiger partial charge in [-0.3, -0.25) is 10.1 Å². The highest BCUT2D eigenvalue weighted by molar-refractivity contribution is 9.08. The molecule has 4 nitrogen and oxygen atoms in total. The second-order valence-corrected chi connectivity index (χ2v) is 5.32. The quantitative estimate of drug-likeness (QED) is 0.426. The fraction of sp³-hybridized carbons (Fsp3) is 0.250. The van der Waals surface area contributed by atoms with Crippen LogP contribution in [0.5, 0.6) is 11.5 Å². The Labute approximate surface area is 132 Å². The average Bonchev–Trinajstić information content (AvgIpc) is 2.49. The van der Waals surface area contributed by atoms with Gasteiger partial charge >= 0.3 is 5.69 Å². The molecule has 0 spiro atoms. The highest BCUT2D eigenvalue weighted by Crippen LogP contribution is 2.34. The van der Waals surface area contributed by atoms with Gasteiger partial charge in [0.1, 0.15) is 5.75 Å². The summed E-state index contributed by atoms with van der Waals surface area (Å²) >= 11 is 3.41. The number of benzene rings is 2. The van der Waals surface area contributed by atoms with Gasteiger partial charge < -0.3 is 4.74 Å². The van der Waals surface area contributed by atoms with Crippen LogP contribution < -0.4 is 4.74 Å². The second kappa shape index (κ2) is 6.72. The van der Waals surface area contributed by atoms with Gasteiger partial charge in [-0.05, 0) is 31.0 Å². The lowest BCUT2D eigenvalue weighted by atomic mass is 10.1. The molecule has 0 saturated heterocycles. The Morgan fingerprint density at radius 3 is 2.52 bits per heavy atom. The normalized spacial score (nSPS) is 10.4. The summed E-state index contributed by atoms with van der Waals surface area (Å²) in [6.07, 6.45) is 0.748. The van der Waals surface area contributed by atoms with Crippen LogP contribution in [0.4, 0.5) is 5.69 Å². The summed E-state index contributed by atoms with van der Waals surface area (Å²) in [4.78, 5) is 10.8. The number of hydrogen-bond donors (Lipinski definition) is 0. The monoisotopic (exact) mass is 349 g/mol. The van der Waals surface area contributed by atoms with Crippen LogP contribution in [0.2, 0.25) is 0 Å². The van der Waals surface area contributed by atoms with Crippen molar-refractivity contribution in [2.45, 2.75) is 25.6 Å². The molecule has 5 heteroatoms. The van der Waals surface area contributed by atoms with E-state index in [9.17, 15) is 10.1 Å². The van der Waals surface area contributed by atoms with Crippen molar-refractivity contribution in [2.24, 2.45) is 0 Å². The first kappa shape index (κ1) is 15.5. The van der Waals surface area contributed by atoms with E-state index in [-0.39, 0.29) is 11.4 Å². The van der Waals surface area contributed by atoms with Gasteiger partial charge in [0, 0.05) is 17.0 Å². The molecule has 0 bridgehead atoms. The van der Waals surface area contributed by atoms with Crippen LogP contribution in [0, 0.1) is 17.0 Å². The van der Waals surface area contributed by atoms with E-state index in [2.05, 4.69) is 15.9 Å². The fourth-order valence-electron chi connectivity index (χ4n) is 2.04. The predicted octanol–water partition coefficient (Wildman–Crippen LogP) is 5.15. The molecule has 0 unspecified atom stereocenters. The summed E-state index contributed by atoms with van der Waals surface area (Å²) in [5.41, 5.74) is 2.99. The van der Waals surface area contributed by atoms with E-state index < -0.39 is 4.92 Å². The number of halogens is 1. The van der Waals surface area contributed by atoms with Crippen molar-refractivity contribution in [2.75, 3.05) is 0 Å². The first-order chi connectivity index (χ1) is 10.0. The zero-order valence-electron chi connectivity index (χ0n) is 11.9. The van der Waals surface area contributed by atoms with Crippen molar-refractivity contribution in [3.63, 3.8) is 0 Å². The molecule has 0 N–H and O–H groups in total. The van der Waals surface area contributed by atoms with Crippen LogP contribution in [-0.4, -0.2) is 4.92 Å². The lowest BCUT2D eigenvalue weighted by molar-refractivity contribution is -0.385. The van der Waals surface area contributed by atoms with Crippen LogP contribution in [0.15, 0.2) is 36.4 Å². The zero-order valence-corrected chi connectivity index (χ0v) is 13.5. The molecule has 0 amide bonds. The van der Waals surface area contributed by atoms with Crippen LogP contribution >= 0.6 is 15.9 Å². The Morgan fingerprint density at radius 1 is 1.19 bits per heavy atom. The minimum Gasteiger partial charge on any atom is -0.450 e. The second-order valence-electron chi connectivity index (χ2n) is 4.76. The predicted molar refractivity (Wildman–Crippen MR) is 86.4 cm³/mol. The Balaban J connectivity index is 2.42. The summed E-state index contributed by atoms with van der Waals surface area (Å²) in [6, 6.07) is 10.8. The molecule has 0 heterocycles. The smallest absolute Gasteiger partial charge is 0.311 e. The molecular weight excluding hydrogens is 334 g/mol. The Kier molecular flexibility index (Phi) is 4.96. The molecular formula is C16H16BrNO3. The van der Waals surface area contributed by atoms with Gasteiger partial charge in [-0.15, -0.1) is 0 Å². The standard InChI is InChI=1S/C16H16BrNO3/c1-3-12-5-7-16(14(9-12)18(19)20)21-15-6-4-11(2)8-13(15)10-17/h4-9H,3,10H2,1-2H3. The van der Waals surface area contributed by atoms with E-state index in [0.29, 0.717) is 11.1 Å². The molecule has 0 saturated carbocycles. The van der Waals surface area contributed by atoms with E-state index in [1.807, 2.05) is 38.1 Å². The third-order valence-electron chi connectivity index (χ3n) is 3.21. The highest BCUT2D eigenvalue weighted by Gasteiger charge is 2.17. The number of nitro benzene ring substituents is 1. The molecule has 2 aromatic carbocycles. The van der Waals surface area contributed by atoms with Gasteiger partial charge in [-0.2, -0.15) is 0 Å². The Morgan fingerprint density at radius 2 is 1.90 bits per heavy atom. The van der Waals surface area contributed by atoms with Crippen molar-refractivity contribution in [3.8, 4) is 11.5 Å². The third kappa shape index (κ3) is 3.61. The molecule has 0 aliphatic rings. The minimum atomic E-state index is -0.406. The lowest BCUT2D eigenvalue weighted by Crippen LogP contribution is -1.97. The van der Waals surface area contributed by atoms with Crippen molar-refractivity contribution in [1.29, 1.82) is 0 Å². The van der Waals surface area contributed by atoms with Crippen LogP contribution in [0.3, 0.4) is 0 Å². The number of nitrogens with zero attached hydrogens (tertiary/aromatic N) is 1. The molecule has 0 aliphatic carbocycles. The van der Waals surface area contributed by atoms with Crippen molar-refractivity contribution in [3.05, 3.63) is 63.2 Å². The maximum atomic E-state index is 11.2. The van der Waals surface area contributed by atoms with Crippen LogP contribution in [-0.2, 0) is 11.8 Å². The Hall–Kier alpha value is -1.88. The molecule has 110 valence electrons. The van der Waals surface area contributed by atoms with E-state index >= 15 is 0 Å². The molecule has 0 aliphatic heterocycles. The highest BCUT2D eigenvalue weighted by atomic mass is 79.9. The number of ether oxygens (including phenoxy) is 1. The molecule has 0 atom stereocenters. The van der Waals surface area contributed by atoms with Gasteiger partial charge in [-0.25, -0.2) is 0 Å². The van der Waals surface area contributed by atoms with E-state index in [4.69, 9.17) is 4.74 Å². The van der Waals surface area contributed by atoms with E-state index in [1.54, 1.807) is 12.1 Å². The number of hydrogen-bond acceptors (Lipinski definition) is 3. The largest absolute Gasteiger partial charge is 0.450 e. The molecule has 2 aromatic rings. The van der Waals surface area contributed by atoms with Gasteiger partial charge in [0.15, 0.2) is 0 Å². The topological polar surface area (TPSA) is 52.4 Å². The summed E-state index contributed by atoms with van der Waals surface area (Å²) in [7, 11) is 0. The molecule has 21 heavy (non-hydrogen) atoms. The number of nitro groups is 1. The third-order valence-corrected chi connectivity index (χ3v) is 3.81. The number of aryl methyl sites for hydroxylation is 2. The fourth-order valence-corrected chi connectivity index (χ4v) is 2.48.